The van der Waals surface area contributed by atoms with Crippen LogP contribution in [0.3, 0.4) is 0 Å². The van der Waals surface area contributed by atoms with Crippen LogP contribution in [0.1, 0.15) is 15.9 Å². The Labute approximate surface area is 185 Å². The highest BCUT2D eigenvalue weighted by Gasteiger charge is 2.32. The number of carbonyl (C=O) groups excluding carboxylic acids is 1. The van der Waals surface area contributed by atoms with E-state index in [9.17, 15) is 23.3 Å². The number of hydrogen-bond acceptors (Lipinski definition) is 5. The molecule has 1 amide bonds. The number of hydrogen-bond donors (Lipinski definition) is 0. The number of aromatic nitrogens is 1. The summed E-state index contributed by atoms with van der Waals surface area (Å²) >= 11 is 0. The number of benzene rings is 2. The van der Waals surface area contributed by atoms with E-state index in [1.54, 1.807) is 24.0 Å². The van der Waals surface area contributed by atoms with Gasteiger partial charge in [0.15, 0.2) is 0 Å². The van der Waals surface area contributed by atoms with Gasteiger partial charge in [-0.3, -0.25) is 14.9 Å². The van der Waals surface area contributed by atoms with E-state index in [0.717, 1.165) is 11.8 Å². The molecule has 9 nitrogen and oxygen atoms in total. The summed E-state index contributed by atoms with van der Waals surface area (Å²) in [4.78, 5) is 24.9. The first kappa shape index (κ1) is 21.7. The topological polar surface area (TPSA) is 106 Å². The highest BCUT2D eigenvalue weighted by Crippen LogP contribution is 2.26. The van der Waals surface area contributed by atoms with Gasteiger partial charge in [-0.15, -0.1) is 0 Å². The molecule has 4 rings (SSSR count). The monoisotopic (exact) mass is 454 g/mol. The van der Waals surface area contributed by atoms with E-state index in [1.165, 1.54) is 16.4 Å². The van der Waals surface area contributed by atoms with Crippen LogP contribution in [-0.2, 0) is 10.0 Å². The molecule has 0 saturated carbocycles. The van der Waals surface area contributed by atoms with E-state index >= 15 is 0 Å². The number of amides is 1. The van der Waals surface area contributed by atoms with Crippen molar-refractivity contribution in [3.05, 3.63) is 88.2 Å². The molecule has 3 aromatic rings. The van der Waals surface area contributed by atoms with Crippen LogP contribution in [0, 0.1) is 17.0 Å². The minimum absolute atomic E-state index is 0.0768. The Kier molecular flexibility index (Phi) is 5.81. The lowest BCUT2D eigenvalue weighted by atomic mass is 10.1. The fourth-order valence-electron chi connectivity index (χ4n) is 3.72. The summed E-state index contributed by atoms with van der Waals surface area (Å²) in [5.41, 5.74) is 1.64. The molecule has 0 bridgehead atoms. The maximum absolute atomic E-state index is 13.1. The van der Waals surface area contributed by atoms with Crippen LogP contribution >= 0.6 is 0 Å². The lowest BCUT2D eigenvalue weighted by molar-refractivity contribution is -0.385. The van der Waals surface area contributed by atoms with E-state index in [1.807, 2.05) is 41.2 Å². The van der Waals surface area contributed by atoms with Gasteiger partial charge in [0, 0.05) is 62.0 Å². The summed E-state index contributed by atoms with van der Waals surface area (Å²) in [5, 5.41) is 11.1. The summed E-state index contributed by atoms with van der Waals surface area (Å²) in [7, 11) is -3.91. The zero-order valence-electron chi connectivity index (χ0n) is 17.4. The van der Waals surface area contributed by atoms with Gasteiger partial charge in [-0.2, -0.15) is 4.31 Å². The van der Waals surface area contributed by atoms with Gasteiger partial charge >= 0.3 is 0 Å². The van der Waals surface area contributed by atoms with Crippen molar-refractivity contribution in [2.45, 2.75) is 11.8 Å². The van der Waals surface area contributed by atoms with Crippen molar-refractivity contribution >= 4 is 21.6 Å². The number of nitro groups is 1. The van der Waals surface area contributed by atoms with E-state index in [-0.39, 0.29) is 42.7 Å². The van der Waals surface area contributed by atoms with Gasteiger partial charge in [-0.1, -0.05) is 6.07 Å². The first-order valence-corrected chi connectivity index (χ1v) is 11.5. The second kappa shape index (κ2) is 8.56. The quantitative estimate of drug-likeness (QED) is 0.435. The molecule has 1 aromatic heterocycles. The van der Waals surface area contributed by atoms with Crippen molar-refractivity contribution in [2.24, 2.45) is 0 Å². The molecule has 2 heterocycles. The van der Waals surface area contributed by atoms with Crippen molar-refractivity contribution in [3.63, 3.8) is 0 Å². The molecule has 1 aliphatic heterocycles. The molecule has 0 N–H and O–H groups in total. The molecule has 0 atom stereocenters. The normalized spacial score (nSPS) is 15.0. The Morgan fingerprint density at radius 1 is 0.969 bits per heavy atom. The SMILES string of the molecule is Cc1ccc([N+](=O)[O-])cc1S(=O)(=O)N1CCN(C(=O)c2ccc(-n3cccc3)cc2)CC1. The molecule has 2 aromatic carbocycles. The first-order valence-electron chi connectivity index (χ1n) is 10.1. The van der Waals surface area contributed by atoms with Crippen LogP contribution in [0.25, 0.3) is 5.69 Å². The number of aryl methyl sites for hydroxylation is 1. The average Bonchev–Trinajstić information content (AvgIpc) is 3.34. The van der Waals surface area contributed by atoms with Crippen LogP contribution in [0.2, 0.25) is 0 Å². The van der Waals surface area contributed by atoms with Gasteiger partial charge in [-0.05, 0) is 48.9 Å². The van der Waals surface area contributed by atoms with Gasteiger partial charge < -0.3 is 9.47 Å². The molecular weight excluding hydrogens is 432 g/mol. The van der Waals surface area contributed by atoms with Crippen molar-refractivity contribution < 1.29 is 18.1 Å². The maximum Gasteiger partial charge on any atom is 0.270 e. The van der Waals surface area contributed by atoms with Gasteiger partial charge in [-0.25, -0.2) is 8.42 Å². The molecular formula is C22H22N4O5S. The highest BCUT2D eigenvalue weighted by molar-refractivity contribution is 7.89. The zero-order chi connectivity index (χ0) is 22.9. The Bertz CT molecular complexity index is 1250. The molecule has 10 heteroatoms. The third-order valence-electron chi connectivity index (χ3n) is 5.54. The van der Waals surface area contributed by atoms with Gasteiger partial charge in [0.25, 0.3) is 11.6 Å². The predicted molar refractivity (Wildman–Crippen MR) is 118 cm³/mol. The summed E-state index contributed by atoms with van der Waals surface area (Å²) in [6.45, 7) is 2.33. The van der Waals surface area contributed by atoms with Crippen molar-refractivity contribution in [1.82, 2.24) is 13.8 Å². The van der Waals surface area contributed by atoms with Gasteiger partial charge in [0.1, 0.15) is 0 Å². The number of piperazine rings is 1. The molecule has 0 unspecified atom stereocenters. The number of nitrogens with zero attached hydrogens (tertiary/aromatic N) is 4. The zero-order valence-corrected chi connectivity index (χ0v) is 18.2. The van der Waals surface area contributed by atoms with E-state index in [2.05, 4.69) is 0 Å². The number of non-ortho nitro benzene ring substituents is 1. The molecule has 1 fully saturated rings. The molecule has 0 aliphatic carbocycles. The fraction of sp³-hybridized carbons (Fsp3) is 0.227. The summed E-state index contributed by atoms with van der Waals surface area (Å²) in [5.74, 6) is -0.160. The molecule has 1 saturated heterocycles. The summed E-state index contributed by atoms with van der Waals surface area (Å²) < 4.78 is 29.4. The number of carbonyl (C=O) groups is 1. The van der Waals surface area contributed by atoms with Crippen molar-refractivity contribution in [1.29, 1.82) is 0 Å². The fourth-order valence-corrected chi connectivity index (χ4v) is 5.38. The Morgan fingerprint density at radius 2 is 1.59 bits per heavy atom. The van der Waals surface area contributed by atoms with Crippen molar-refractivity contribution in [3.8, 4) is 5.69 Å². The Morgan fingerprint density at radius 3 is 2.19 bits per heavy atom. The second-order valence-corrected chi connectivity index (χ2v) is 9.45. The van der Waals surface area contributed by atoms with Crippen molar-refractivity contribution in [2.75, 3.05) is 26.2 Å². The van der Waals surface area contributed by atoms with Crippen LogP contribution in [0.5, 0.6) is 0 Å². The van der Waals surface area contributed by atoms with Crippen LogP contribution in [0.15, 0.2) is 71.9 Å². The molecule has 0 spiro atoms. The first-order chi connectivity index (χ1) is 15.3. The van der Waals surface area contributed by atoms with Crippen LogP contribution in [-0.4, -0.2) is 59.2 Å². The third kappa shape index (κ3) is 4.14. The van der Waals surface area contributed by atoms with E-state index in [0.29, 0.717) is 11.1 Å². The largest absolute Gasteiger partial charge is 0.336 e. The molecule has 0 radical (unpaired) electrons. The third-order valence-corrected chi connectivity index (χ3v) is 7.58. The van der Waals surface area contributed by atoms with E-state index < -0.39 is 14.9 Å². The van der Waals surface area contributed by atoms with Gasteiger partial charge in [0.05, 0.1) is 9.82 Å². The van der Waals surface area contributed by atoms with Crippen LogP contribution in [0.4, 0.5) is 5.69 Å². The van der Waals surface area contributed by atoms with Gasteiger partial charge in [0.2, 0.25) is 10.0 Å². The minimum atomic E-state index is -3.91. The lowest BCUT2D eigenvalue weighted by Crippen LogP contribution is -2.50. The summed E-state index contributed by atoms with van der Waals surface area (Å²) in [6, 6.07) is 14.9. The minimum Gasteiger partial charge on any atom is -0.336 e. The predicted octanol–water partition coefficient (Wildman–Crippen LogP) is 2.84. The van der Waals surface area contributed by atoms with E-state index in [4.69, 9.17) is 0 Å². The smallest absolute Gasteiger partial charge is 0.270 e. The Balaban J connectivity index is 1.45. The molecule has 166 valence electrons. The summed E-state index contributed by atoms with van der Waals surface area (Å²) in [6.07, 6.45) is 3.83. The highest BCUT2D eigenvalue weighted by atomic mass is 32.2. The molecule has 32 heavy (non-hydrogen) atoms. The lowest BCUT2D eigenvalue weighted by Gasteiger charge is -2.34. The van der Waals surface area contributed by atoms with Crippen LogP contribution < -0.4 is 0 Å². The number of rotatable bonds is 5. The second-order valence-electron chi connectivity index (χ2n) is 7.54. The average molecular weight is 455 g/mol. The standard InChI is InChI=1S/C22H22N4O5S/c1-17-4-7-20(26(28)29)16-21(17)32(30,31)25-14-12-24(13-15-25)22(27)18-5-8-19(9-6-18)23-10-2-3-11-23/h2-11,16H,12-15H2,1H3. The number of sulfonamides is 1. The maximum atomic E-state index is 13.1. The number of nitro benzene ring substituents is 1. The Hall–Kier alpha value is -3.50. The molecule has 1 aliphatic rings.